The molecule has 0 bridgehead atoms. The molecular weight excluding hydrogens is 530 g/mol. The number of β-lactam (4-membered cyclic amide) rings is 1. The molecule has 8 atom stereocenters. The van der Waals surface area contributed by atoms with Crippen molar-refractivity contribution >= 4 is 35.5 Å². The molecule has 5 heterocycles. The van der Waals surface area contributed by atoms with E-state index in [0.717, 1.165) is 0 Å². The second kappa shape index (κ2) is 10.8. The van der Waals surface area contributed by atoms with Crippen LogP contribution in [0.1, 0.15) is 20.3 Å². The van der Waals surface area contributed by atoms with Crippen molar-refractivity contribution in [3.8, 4) is 0 Å². The lowest BCUT2D eigenvalue weighted by Gasteiger charge is -2.47. The maximum atomic E-state index is 13.1. The van der Waals surface area contributed by atoms with E-state index in [1.54, 1.807) is 11.8 Å². The van der Waals surface area contributed by atoms with Gasteiger partial charge in [-0.2, -0.15) is 0 Å². The zero-order valence-electron chi connectivity index (χ0n) is 21.6. The van der Waals surface area contributed by atoms with Gasteiger partial charge in [-0.1, -0.05) is 6.92 Å². The number of carbonyl (C=O) groups excluding carboxylic acids is 3. The summed E-state index contributed by atoms with van der Waals surface area (Å²) in [6.45, 7) is 5.03. The lowest BCUT2D eigenvalue weighted by Crippen LogP contribution is -2.66. The molecule has 4 aliphatic heterocycles. The van der Waals surface area contributed by atoms with Gasteiger partial charge in [0.2, 0.25) is 17.7 Å². The first kappa shape index (κ1) is 27.5. The van der Waals surface area contributed by atoms with E-state index >= 15 is 0 Å². The van der Waals surface area contributed by atoms with Gasteiger partial charge in [0.05, 0.1) is 24.1 Å². The molecule has 3 unspecified atom stereocenters. The average molecular weight is 564 g/mol. The van der Waals surface area contributed by atoms with Crippen LogP contribution in [0.25, 0.3) is 0 Å². The Kier molecular flexibility index (Phi) is 7.63. The second-order valence-corrected chi connectivity index (χ2v) is 12.0. The normalized spacial score (nSPS) is 32.8. The molecule has 1 aromatic rings. The number of rotatable bonds is 9. The fourth-order valence-corrected chi connectivity index (χ4v) is 7.61. The number of likely N-dealkylation sites (tertiary alicyclic amines) is 1. The van der Waals surface area contributed by atoms with Gasteiger partial charge in [0.1, 0.15) is 18.6 Å². The summed E-state index contributed by atoms with van der Waals surface area (Å²) >= 11 is 1.40. The lowest BCUT2D eigenvalue weighted by atomic mass is 9.78. The number of aliphatic carboxylic acids is 1. The van der Waals surface area contributed by atoms with E-state index in [2.05, 4.69) is 26.2 Å². The second-order valence-electron chi connectivity index (χ2n) is 10.6. The van der Waals surface area contributed by atoms with Gasteiger partial charge in [0.25, 0.3) is 0 Å². The Morgan fingerprint density at radius 3 is 2.74 bits per heavy atom. The third-order valence-corrected chi connectivity index (χ3v) is 9.63. The number of fused-ring (bicyclic) bond motifs is 1. The number of aliphatic hydroxyl groups is 1. The van der Waals surface area contributed by atoms with Crippen LogP contribution in [-0.4, -0.2) is 120 Å². The Bertz CT molecular complexity index is 1180. The first-order valence-corrected chi connectivity index (χ1v) is 13.9. The number of nitrogens with one attached hydrogen (secondary N) is 2. The van der Waals surface area contributed by atoms with Crippen molar-refractivity contribution in [1.82, 2.24) is 40.6 Å². The van der Waals surface area contributed by atoms with Crippen LogP contribution in [0.4, 0.5) is 0 Å². The number of thioether (sulfide) groups is 1. The van der Waals surface area contributed by atoms with E-state index in [4.69, 9.17) is 5.73 Å². The first-order valence-electron chi connectivity index (χ1n) is 13.0. The van der Waals surface area contributed by atoms with Crippen molar-refractivity contribution in [3.05, 3.63) is 16.9 Å². The Labute approximate surface area is 228 Å². The van der Waals surface area contributed by atoms with Crippen LogP contribution in [0.5, 0.6) is 0 Å². The van der Waals surface area contributed by atoms with Crippen molar-refractivity contribution in [2.45, 2.75) is 56.3 Å². The molecule has 5 rings (SSSR count). The number of aliphatic hydroxyl groups excluding tert-OH is 1. The fourth-order valence-electron chi connectivity index (χ4n) is 6.13. The summed E-state index contributed by atoms with van der Waals surface area (Å²) in [5.41, 5.74) is 5.67. The van der Waals surface area contributed by atoms with Crippen LogP contribution in [0.3, 0.4) is 0 Å². The number of amides is 3. The van der Waals surface area contributed by atoms with E-state index in [1.807, 2.05) is 6.92 Å². The summed E-state index contributed by atoms with van der Waals surface area (Å²) in [6.07, 6.45) is 1.18. The molecule has 0 radical (unpaired) electrons. The van der Waals surface area contributed by atoms with Crippen LogP contribution in [0.15, 0.2) is 16.9 Å². The number of carbonyl (C=O) groups is 4. The number of tetrazole rings is 1. The molecule has 1 aromatic heterocycles. The number of hydrogen-bond donors (Lipinski definition) is 5. The Hall–Kier alpha value is -3.08. The maximum absolute atomic E-state index is 13.1. The predicted molar refractivity (Wildman–Crippen MR) is 136 cm³/mol. The van der Waals surface area contributed by atoms with E-state index < -0.39 is 30.1 Å². The quantitative estimate of drug-likeness (QED) is 0.193. The molecule has 16 heteroatoms. The molecule has 0 spiro atoms. The highest BCUT2D eigenvalue weighted by Gasteiger charge is 2.60. The van der Waals surface area contributed by atoms with Crippen molar-refractivity contribution in [1.29, 1.82) is 0 Å². The van der Waals surface area contributed by atoms with Gasteiger partial charge in [-0.05, 0) is 30.3 Å². The third kappa shape index (κ3) is 5.01. The summed E-state index contributed by atoms with van der Waals surface area (Å²) in [4.78, 5) is 54.4. The van der Waals surface area contributed by atoms with Crippen LogP contribution in [0.2, 0.25) is 0 Å². The largest absolute Gasteiger partial charge is 0.477 e. The molecule has 0 saturated carbocycles. The number of aromatic nitrogens is 4. The molecule has 15 nitrogen and oxygen atoms in total. The highest BCUT2D eigenvalue weighted by atomic mass is 32.2. The van der Waals surface area contributed by atoms with E-state index in [9.17, 15) is 29.4 Å². The number of nitrogens with zero attached hydrogens (tertiary/aromatic N) is 6. The average Bonchev–Trinajstić information content (AvgIpc) is 3.67. The predicted octanol–water partition coefficient (Wildman–Crippen LogP) is -2.81. The van der Waals surface area contributed by atoms with Crippen LogP contribution >= 0.6 is 11.8 Å². The SMILES string of the molecule is C[C@@H](NC(=O)Cn1cnnn1)[C@H]1C(=O)N2C(C(=O)O)=C(S[C@@H]3CNC(C(=O)N4CC(O)C(CN)C4)C3)[C@H](C)[C@H]12. The fraction of sp³-hybridized carbons (Fsp3) is 0.696. The van der Waals surface area contributed by atoms with Crippen LogP contribution in [-0.2, 0) is 25.7 Å². The number of β-amino-alcohol motifs (C(OH)–C–C–N with tert-alkyl or cyclic N) is 1. The standard InChI is InChI=1S/C23H33N9O6S/c1-10-18-17(11(2)27-16(34)8-31-9-26-28-29-31)22(36)32(18)19(23(37)38)20(10)39-13-3-14(25-5-13)21(35)30-6-12(4-24)15(33)7-30/h9-15,17-18,25,33H,3-8,24H2,1-2H3,(H,27,34)(H,37,38)/t10-,11-,12?,13+,14?,15?,17-,18-/m1/s1. The highest BCUT2D eigenvalue weighted by Crippen LogP contribution is 2.51. The Morgan fingerprint density at radius 1 is 1.33 bits per heavy atom. The molecular formula is C23H33N9O6S. The molecule has 0 aromatic carbocycles. The molecule has 39 heavy (non-hydrogen) atoms. The first-order chi connectivity index (χ1) is 18.6. The lowest BCUT2D eigenvalue weighted by molar-refractivity contribution is -0.158. The molecule has 3 fully saturated rings. The Balaban J connectivity index is 1.22. The van der Waals surface area contributed by atoms with Gasteiger partial charge >= 0.3 is 5.97 Å². The van der Waals surface area contributed by atoms with Crippen molar-refractivity contribution in [2.24, 2.45) is 23.5 Å². The van der Waals surface area contributed by atoms with Crippen LogP contribution in [0, 0.1) is 17.8 Å². The summed E-state index contributed by atoms with van der Waals surface area (Å²) in [5.74, 6) is -2.92. The minimum atomic E-state index is -1.17. The van der Waals surface area contributed by atoms with Gasteiger partial charge in [0.15, 0.2) is 0 Å². The van der Waals surface area contributed by atoms with Crippen molar-refractivity contribution < 1.29 is 29.4 Å². The van der Waals surface area contributed by atoms with E-state index in [0.29, 0.717) is 31.0 Å². The molecule has 3 saturated heterocycles. The van der Waals surface area contributed by atoms with Gasteiger partial charge in [-0.3, -0.25) is 14.4 Å². The number of carboxylic acid groups (broad SMARTS) is 1. The van der Waals surface area contributed by atoms with Crippen LogP contribution < -0.4 is 16.4 Å². The molecule has 6 N–H and O–H groups in total. The molecule has 212 valence electrons. The maximum Gasteiger partial charge on any atom is 0.353 e. The monoisotopic (exact) mass is 563 g/mol. The summed E-state index contributed by atoms with van der Waals surface area (Å²) in [6, 6.07) is -1.34. The van der Waals surface area contributed by atoms with Gasteiger partial charge in [0, 0.05) is 47.7 Å². The third-order valence-electron chi connectivity index (χ3n) is 8.12. The smallest absolute Gasteiger partial charge is 0.353 e. The number of nitrogens with two attached hydrogens (primary N) is 1. The molecule has 3 amide bonds. The zero-order chi connectivity index (χ0) is 28.0. The number of carboxylic acids is 1. The summed E-state index contributed by atoms with van der Waals surface area (Å²) in [7, 11) is 0. The van der Waals surface area contributed by atoms with Gasteiger partial charge in [-0.15, -0.1) is 16.9 Å². The zero-order valence-corrected chi connectivity index (χ0v) is 22.5. The van der Waals surface area contributed by atoms with Gasteiger partial charge in [-0.25, -0.2) is 9.48 Å². The minimum absolute atomic E-state index is 0.0193. The highest BCUT2D eigenvalue weighted by molar-refractivity contribution is 8.03. The van der Waals surface area contributed by atoms with Gasteiger partial charge < -0.3 is 36.4 Å². The van der Waals surface area contributed by atoms with E-state index in [1.165, 1.54) is 27.7 Å². The molecule has 4 aliphatic rings. The minimum Gasteiger partial charge on any atom is -0.477 e. The topological polar surface area (TPSA) is 209 Å². The summed E-state index contributed by atoms with van der Waals surface area (Å²) in [5, 5.41) is 36.8. The number of hydrogen-bond acceptors (Lipinski definition) is 11. The van der Waals surface area contributed by atoms with Crippen molar-refractivity contribution in [3.63, 3.8) is 0 Å². The Morgan fingerprint density at radius 2 is 2.10 bits per heavy atom. The van der Waals surface area contributed by atoms with E-state index in [-0.39, 0.29) is 59.6 Å². The summed E-state index contributed by atoms with van der Waals surface area (Å²) < 4.78 is 1.27. The molecule has 0 aliphatic carbocycles. The van der Waals surface area contributed by atoms with Crippen molar-refractivity contribution in [2.75, 3.05) is 26.2 Å².